The molecule has 0 saturated carbocycles. The Morgan fingerprint density at radius 3 is 0.800 bits per heavy atom. The van der Waals surface area contributed by atoms with Gasteiger partial charge in [-0.25, -0.2) is 0 Å². The molecular weight excluding hydrogens is 269 g/mol. The summed E-state index contributed by atoms with van der Waals surface area (Å²) in [5, 5.41) is 0. The average Bonchev–Trinajstić information content (AvgIpc) is 0. The Kier molecular flexibility index (Phi) is 301. The fourth-order valence-electron chi connectivity index (χ4n) is 0. The zero-order valence-electron chi connectivity index (χ0n) is 2.89. The van der Waals surface area contributed by atoms with Crippen LogP contribution in [0.2, 0.25) is 0 Å². The van der Waals surface area contributed by atoms with Gasteiger partial charge in [0, 0.05) is 0 Å². The van der Waals surface area contributed by atoms with E-state index in [9.17, 15) is 0 Å². The van der Waals surface area contributed by atoms with Crippen molar-refractivity contribution in [3.8, 4) is 0 Å². The summed E-state index contributed by atoms with van der Waals surface area (Å²) in [6.07, 6.45) is 0. The molecule has 0 bridgehead atoms. The molecule has 5 heavy (non-hydrogen) atoms. The van der Waals surface area contributed by atoms with E-state index >= 15 is 0 Å². The Balaban J connectivity index is 0. The average molecular weight is 269 g/mol. The normalized spacial score (nSPS) is 0. The number of hydrogen-bond donors (Lipinski definition) is 0. The third-order valence-corrected chi connectivity index (χ3v) is 0. The van der Waals surface area contributed by atoms with Crippen LogP contribution in [-0.2, 0) is 37.2 Å². The van der Waals surface area contributed by atoms with Crippen LogP contribution in [0.5, 0.6) is 0 Å². The molecular formula is LaLiO2Zr+4. The summed E-state index contributed by atoms with van der Waals surface area (Å²) >= 11 is 0. The molecule has 0 aliphatic carbocycles. The third-order valence-electron chi connectivity index (χ3n) is 0. The molecule has 0 aromatic rings. The van der Waals surface area contributed by atoms with Crippen LogP contribution in [-0.4, -0.2) is 0 Å². The Labute approximate surface area is 90.0 Å². The quantitative estimate of drug-likeness (QED) is 0.415. The summed E-state index contributed by atoms with van der Waals surface area (Å²) < 4.78 is 0. The maximum atomic E-state index is 0. The van der Waals surface area contributed by atoms with E-state index in [4.69, 9.17) is 0 Å². The largest absolute Gasteiger partial charge is 4.00 e. The van der Waals surface area contributed by atoms with E-state index in [1.54, 1.807) is 0 Å². The van der Waals surface area contributed by atoms with Crippen LogP contribution in [0, 0.1) is 35.6 Å². The molecule has 0 heterocycles. The number of hydrogen-bond acceptors (Lipinski definition) is 0. The van der Waals surface area contributed by atoms with Crippen LogP contribution >= 0.6 is 0 Å². The monoisotopic (exact) mass is 268 g/mol. The summed E-state index contributed by atoms with van der Waals surface area (Å²) in [5.41, 5.74) is 0. The molecule has 0 aliphatic rings. The summed E-state index contributed by atoms with van der Waals surface area (Å²) in [5.74, 6) is 0. The Morgan fingerprint density at radius 2 is 0.800 bits per heavy atom. The molecule has 5 heteroatoms. The van der Waals surface area contributed by atoms with Gasteiger partial charge >= 0.3 is 80.7 Å². The van der Waals surface area contributed by atoms with Crippen LogP contribution in [0.15, 0.2) is 0 Å². The standard InChI is InChI=1S/La.Li.2O.Zr/q+3;+1;2*-2;+4. The first-order chi connectivity index (χ1) is 0. The van der Waals surface area contributed by atoms with E-state index in [1.165, 1.54) is 0 Å². The molecule has 0 radical (unpaired) electrons. The van der Waals surface area contributed by atoms with Gasteiger partial charge < -0.3 is 11.0 Å². The molecule has 0 aliphatic heterocycles. The van der Waals surface area contributed by atoms with Crippen molar-refractivity contribution in [3.63, 3.8) is 0 Å². The molecule has 0 fully saturated rings. The first kappa shape index (κ1) is 49.0. The first-order valence-electron chi connectivity index (χ1n) is 0. The van der Waals surface area contributed by atoms with Crippen LogP contribution < -0.4 is 18.9 Å². The smallest absolute Gasteiger partial charge is 2.00 e. The molecule has 0 aromatic heterocycles. The minimum atomic E-state index is 0. The molecule has 0 unspecified atom stereocenters. The van der Waals surface area contributed by atoms with Gasteiger partial charge in [-0.15, -0.1) is 0 Å². The zero-order valence-corrected chi connectivity index (χ0v) is 8.98. The van der Waals surface area contributed by atoms with Crippen molar-refractivity contribution in [2.24, 2.45) is 0 Å². The van der Waals surface area contributed by atoms with Crippen molar-refractivity contribution in [2.45, 2.75) is 0 Å². The van der Waals surface area contributed by atoms with Crippen LogP contribution in [0.25, 0.3) is 0 Å². The second-order valence-corrected chi connectivity index (χ2v) is 0. The number of rotatable bonds is 0. The van der Waals surface area contributed by atoms with Crippen LogP contribution in [0.4, 0.5) is 0 Å². The predicted molar refractivity (Wildman–Crippen MR) is 1.37 cm³/mol. The molecule has 0 atom stereocenters. The fourth-order valence-corrected chi connectivity index (χ4v) is 0. The van der Waals surface area contributed by atoms with Gasteiger partial charge in [0.05, 0.1) is 0 Å². The van der Waals surface area contributed by atoms with E-state index in [2.05, 4.69) is 0 Å². The Hall–Kier alpha value is 2.60. The third kappa shape index (κ3) is 20.7. The molecule has 2 nitrogen and oxygen atoms in total. The van der Waals surface area contributed by atoms with E-state index in [0.717, 1.165) is 0 Å². The summed E-state index contributed by atoms with van der Waals surface area (Å²) in [4.78, 5) is 0. The molecule has 0 N–H and O–H groups in total. The zero-order chi connectivity index (χ0) is 0. The Bertz CT molecular complexity index is 9.61. The van der Waals surface area contributed by atoms with Crippen LogP contribution in [0.3, 0.4) is 0 Å². The molecule has 0 rings (SSSR count). The summed E-state index contributed by atoms with van der Waals surface area (Å²) in [6.45, 7) is 0. The van der Waals surface area contributed by atoms with Crippen molar-refractivity contribution in [1.82, 2.24) is 0 Å². The van der Waals surface area contributed by atoms with Gasteiger partial charge in [-0.1, -0.05) is 0 Å². The second-order valence-electron chi connectivity index (χ2n) is 0. The van der Waals surface area contributed by atoms with Gasteiger partial charge in [-0.05, 0) is 0 Å². The summed E-state index contributed by atoms with van der Waals surface area (Å²) in [6, 6.07) is 0. The SMILES string of the molecule is [La+3].[Li+].[O-2].[O-2].[Zr+4]. The van der Waals surface area contributed by atoms with Crippen LogP contribution in [0.1, 0.15) is 0 Å². The van der Waals surface area contributed by atoms with Gasteiger partial charge in [0.2, 0.25) is 0 Å². The van der Waals surface area contributed by atoms with Crippen molar-refractivity contribution in [3.05, 3.63) is 0 Å². The topological polar surface area (TPSA) is 57.0 Å². The van der Waals surface area contributed by atoms with Gasteiger partial charge in [-0.2, -0.15) is 0 Å². The first-order valence-corrected chi connectivity index (χ1v) is 0. The minimum Gasteiger partial charge on any atom is -2.00 e. The van der Waals surface area contributed by atoms with Gasteiger partial charge in [0.1, 0.15) is 0 Å². The Morgan fingerprint density at radius 1 is 0.800 bits per heavy atom. The maximum absolute atomic E-state index is 0. The van der Waals surface area contributed by atoms with E-state index in [-0.39, 0.29) is 91.6 Å². The van der Waals surface area contributed by atoms with Crippen molar-refractivity contribution < 1.29 is 91.6 Å². The molecule has 0 amide bonds. The van der Waals surface area contributed by atoms with Gasteiger partial charge in [0.15, 0.2) is 0 Å². The maximum Gasteiger partial charge on any atom is 4.00 e. The molecule has 0 saturated heterocycles. The second kappa shape index (κ2) is 30.7. The predicted octanol–water partition coefficient (Wildman–Crippen LogP) is -3.24. The fraction of sp³-hybridized carbons (Fsp3) is 0. The molecule has 16 valence electrons. The summed E-state index contributed by atoms with van der Waals surface area (Å²) in [7, 11) is 0. The van der Waals surface area contributed by atoms with E-state index < -0.39 is 0 Å². The van der Waals surface area contributed by atoms with E-state index in [0.29, 0.717) is 0 Å². The van der Waals surface area contributed by atoms with Crippen molar-refractivity contribution >= 4 is 0 Å². The van der Waals surface area contributed by atoms with E-state index in [1.807, 2.05) is 0 Å². The molecule has 0 spiro atoms. The van der Waals surface area contributed by atoms with Gasteiger partial charge in [0.25, 0.3) is 0 Å². The van der Waals surface area contributed by atoms with Gasteiger partial charge in [-0.3, -0.25) is 0 Å². The minimum absolute atomic E-state index is 0. The van der Waals surface area contributed by atoms with Crippen molar-refractivity contribution in [2.75, 3.05) is 0 Å². The van der Waals surface area contributed by atoms with Crippen molar-refractivity contribution in [1.29, 1.82) is 0 Å². The molecule has 0 aromatic carbocycles.